The molecule has 0 aliphatic rings. The zero-order chi connectivity index (χ0) is 10.5. The van der Waals surface area contributed by atoms with Crippen molar-refractivity contribution >= 4 is 26.0 Å². The van der Waals surface area contributed by atoms with Gasteiger partial charge in [-0.1, -0.05) is 36.2 Å². The van der Waals surface area contributed by atoms with Crippen LogP contribution in [0.5, 0.6) is 0 Å². The molecule has 0 spiro atoms. The van der Waals surface area contributed by atoms with Crippen LogP contribution in [0.4, 0.5) is 0 Å². The third-order valence-corrected chi connectivity index (χ3v) is 3.93. The van der Waals surface area contributed by atoms with Crippen LogP contribution in [0.3, 0.4) is 0 Å². The summed E-state index contributed by atoms with van der Waals surface area (Å²) in [4.78, 5) is 0.203. The van der Waals surface area contributed by atoms with E-state index in [1.54, 1.807) is 7.05 Å². The van der Waals surface area contributed by atoms with E-state index in [1.165, 1.54) is 4.31 Å². The molecule has 0 rings (SSSR count). The van der Waals surface area contributed by atoms with Crippen molar-refractivity contribution in [2.45, 2.75) is 31.5 Å². The number of sulfonamides is 1. The molecule has 0 aliphatic heterocycles. The van der Waals surface area contributed by atoms with Gasteiger partial charge in [0.05, 0.1) is 5.75 Å². The Kier molecular flexibility index (Phi) is 6.16. The summed E-state index contributed by atoms with van der Waals surface area (Å²) in [6.07, 6.45) is 1.65. The smallest absolute Gasteiger partial charge is 0.212 e. The minimum Gasteiger partial charge on any atom is -0.212 e. The predicted molar refractivity (Wildman–Crippen MR) is 59.7 cm³/mol. The second kappa shape index (κ2) is 5.98. The van der Waals surface area contributed by atoms with Gasteiger partial charge < -0.3 is 0 Å². The summed E-state index contributed by atoms with van der Waals surface area (Å²) >= 11 is 3.33. The van der Waals surface area contributed by atoms with Crippen molar-refractivity contribution in [3.05, 3.63) is 0 Å². The van der Waals surface area contributed by atoms with E-state index in [9.17, 15) is 8.42 Å². The van der Waals surface area contributed by atoms with Crippen molar-refractivity contribution in [3.63, 3.8) is 0 Å². The van der Waals surface area contributed by atoms with Crippen LogP contribution in [0.25, 0.3) is 0 Å². The van der Waals surface area contributed by atoms with Gasteiger partial charge in [-0.25, -0.2) is 12.7 Å². The number of rotatable bonds is 6. The van der Waals surface area contributed by atoms with E-state index in [1.807, 2.05) is 13.8 Å². The first-order chi connectivity index (χ1) is 5.90. The summed E-state index contributed by atoms with van der Waals surface area (Å²) in [6, 6.07) is 0. The van der Waals surface area contributed by atoms with Crippen LogP contribution in [-0.2, 0) is 10.0 Å². The van der Waals surface area contributed by atoms with E-state index in [4.69, 9.17) is 0 Å². The first-order valence-corrected chi connectivity index (χ1v) is 7.00. The quantitative estimate of drug-likeness (QED) is 0.692. The van der Waals surface area contributed by atoms with Gasteiger partial charge in [0.1, 0.15) is 0 Å². The predicted octanol–water partition coefficient (Wildman–Crippen LogP) is 1.83. The third-order valence-electron chi connectivity index (χ3n) is 1.74. The molecule has 0 aromatic carbocycles. The molecule has 0 saturated heterocycles. The summed E-state index contributed by atoms with van der Waals surface area (Å²) in [5.41, 5.74) is 0. The van der Waals surface area contributed by atoms with Gasteiger partial charge in [-0.05, 0) is 6.42 Å². The van der Waals surface area contributed by atoms with Crippen LogP contribution < -0.4 is 0 Å². The fourth-order valence-electron chi connectivity index (χ4n) is 0.950. The zero-order valence-corrected chi connectivity index (χ0v) is 10.9. The highest BCUT2D eigenvalue weighted by atomic mass is 79.9. The first-order valence-electron chi connectivity index (χ1n) is 4.48. The molecule has 0 N–H and O–H groups in total. The van der Waals surface area contributed by atoms with E-state index in [-0.39, 0.29) is 10.6 Å². The van der Waals surface area contributed by atoms with Crippen LogP contribution in [0.15, 0.2) is 0 Å². The summed E-state index contributed by atoms with van der Waals surface area (Å²) in [5.74, 6) is 0.264. The second-order valence-corrected chi connectivity index (χ2v) is 6.99. The molecule has 0 aromatic heterocycles. The van der Waals surface area contributed by atoms with Gasteiger partial charge in [0.2, 0.25) is 10.0 Å². The van der Waals surface area contributed by atoms with Crippen molar-refractivity contribution in [1.82, 2.24) is 4.31 Å². The number of alkyl halides is 1. The number of halogens is 1. The van der Waals surface area contributed by atoms with Gasteiger partial charge in [0.25, 0.3) is 0 Å². The monoisotopic (exact) mass is 271 g/mol. The highest BCUT2D eigenvalue weighted by Gasteiger charge is 2.17. The van der Waals surface area contributed by atoms with E-state index >= 15 is 0 Å². The topological polar surface area (TPSA) is 37.4 Å². The van der Waals surface area contributed by atoms with Crippen LogP contribution in [0.2, 0.25) is 0 Å². The van der Waals surface area contributed by atoms with Crippen molar-refractivity contribution in [2.75, 3.05) is 19.3 Å². The third kappa shape index (κ3) is 5.65. The molecule has 13 heavy (non-hydrogen) atoms. The molecule has 80 valence electrons. The Bertz CT molecular complexity index is 226. The lowest BCUT2D eigenvalue weighted by Crippen LogP contribution is -2.33. The average molecular weight is 272 g/mol. The molecule has 0 aliphatic carbocycles. The SMILES string of the molecule is CCCCS(=O)(=O)N(C)CC(C)Br. The van der Waals surface area contributed by atoms with E-state index in [0.717, 1.165) is 12.8 Å². The minimum atomic E-state index is -3.01. The Hall–Kier alpha value is 0.390. The Labute approximate surface area is 89.7 Å². The highest BCUT2D eigenvalue weighted by molar-refractivity contribution is 9.09. The highest BCUT2D eigenvalue weighted by Crippen LogP contribution is 2.06. The van der Waals surface area contributed by atoms with Crippen LogP contribution in [0, 0.1) is 0 Å². The fourth-order valence-corrected chi connectivity index (χ4v) is 2.99. The van der Waals surface area contributed by atoms with Crippen LogP contribution in [-0.4, -0.2) is 36.9 Å². The summed E-state index contributed by atoms with van der Waals surface area (Å²) in [6.45, 7) is 4.46. The Morgan fingerprint density at radius 2 is 2.00 bits per heavy atom. The van der Waals surface area contributed by atoms with Crippen LogP contribution >= 0.6 is 15.9 Å². The normalized spacial score (nSPS) is 14.8. The molecule has 1 atom stereocenters. The van der Waals surface area contributed by atoms with Gasteiger partial charge in [-0.2, -0.15) is 0 Å². The van der Waals surface area contributed by atoms with Crippen LogP contribution in [0.1, 0.15) is 26.7 Å². The molecule has 0 saturated carbocycles. The summed E-state index contributed by atoms with van der Waals surface area (Å²) in [5, 5.41) is 0. The van der Waals surface area contributed by atoms with Crippen molar-refractivity contribution in [2.24, 2.45) is 0 Å². The number of nitrogens with zero attached hydrogens (tertiary/aromatic N) is 1. The van der Waals surface area contributed by atoms with Gasteiger partial charge >= 0.3 is 0 Å². The maximum atomic E-state index is 11.5. The molecule has 0 heterocycles. The van der Waals surface area contributed by atoms with Gasteiger partial charge in [0, 0.05) is 18.4 Å². The molecule has 0 aromatic rings. The lowest BCUT2D eigenvalue weighted by atomic mass is 10.4. The molecular weight excluding hydrogens is 254 g/mol. The number of unbranched alkanes of at least 4 members (excludes halogenated alkanes) is 1. The molecule has 0 fully saturated rings. The maximum absolute atomic E-state index is 11.5. The van der Waals surface area contributed by atoms with Crippen molar-refractivity contribution in [1.29, 1.82) is 0 Å². The molecule has 0 bridgehead atoms. The van der Waals surface area contributed by atoms with Crippen molar-refractivity contribution in [3.8, 4) is 0 Å². The van der Waals surface area contributed by atoms with E-state index in [2.05, 4.69) is 15.9 Å². The molecular formula is C8H18BrNO2S. The second-order valence-electron chi connectivity index (χ2n) is 3.23. The van der Waals surface area contributed by atoms with Gasteiger partial charge in [-0.3, -0.25) is 0 Å². The fraction of sp³-hybridized carbons (Fsp3) is 1.00. The lowest BCUT2D eigenvalue weighted by molar-refractivity contribution is 0.472. The molecule has 5 heteroatoms. The van der Waals surface area contributed by atoms with Gasteiger partial charge in [0.15, 0.2) is 0 Å². The number of hydrogen-bond donors (Lipinski definition) is 0. The standard InChI is InChI=1S/C8H18BrNO2S/c1-4-5-6-13(11,12)10(3)7-8(2)9/h8H,4-7H2,1-3H3. The Balaban J connectivity index is 4.12. The molecule has 3 nitrogen and oxygen atoms in total. The summed E-state index contributed by atoms with van der Waals surface area (Å²) < 4.78 is 24.5. The minimum absolute atomic E-state index is 0.203. The van der Waals surface area contributed by atoms with Crippen molar-refractivity contribution < 1.29 is 8.42 Å². The average Bonchev–Trinajstić information content (AvgIpc) is 1.99. The Morgan fingerprint density at radius 3 is 2.38 bits per heavy atom. The summed E-state index contributed by atoms with van der Waals surface area (Å²) in [7, 11) is -1.39. The molecule has 0 amide bonds. The maximum Gasteiger partial charge on any atom is 0.213 e. The first kappa shape index (κ1) is 13.4. The largest absolute Gasteiger partial charge is 0.213 e. The van der Waals surface area contributed by atoms with Gasteiger partial charge in [-0.15, -0.1) is 0 Å². The zero-order valence-electron chi connectivity index (χ0n) is 8.46. The molecule has 1 unspecified atom stereocenters. The van der Waals surface area contributed by atoms with E-state index < -0.39 is 10.0 Å². The number of hydrogen-bond acceptors (Lipinski definition) is 2. The Morgan fingerprint density at radius 1 is 1.46 bits per heavy atom. The van der Waals surface area contributed by atoms with E-state index in [0.29, 0.717) is 6.54 Å². The lowest BCUT2D eigenvalue weighted by Gasteiger charge is -2.17. The molecule has 0 radical (unpaired) electrons.